The Balaban J connectivity index is 2.28. The van der Waals surface area contributed by atoms with Crippen LogP contribution in [-0.4, -0.2) is 21.9 Å². The van der Waals surface area contributed by atoms with E-state index in [1.54, 1.807) is 16.4 Å². The first-order valence-electron chi connectivity index (χ1n) is 5.93. The number of thioether (sulfide) groups is 1. The number of nitrogens with two attached hydrogens (primary N) is 1. The van der Waals surface area contributed by atoms with Gasteiger partial charge in [0.2, 0.25) is 0 Å². The van der Waals surface area contributed by atoms with Crippen molar-refractivity contribution in [1.82, 2.24) is 9.78 Å². The Hall–Kier alpha value is -1.95. The first kappa shape index (κ1) is 13.5. The number of carbonyl (C=O) groups is 1. The Labute approximate surface area is 116 Å². The van der Waals surface area contributed by atoms with Gasteiger partial charge in [0.25, 0.3) is 5.91 Å². The van der Waals surface area contributed by atoms with Gasteiger partial charge in [-0.05, 0) is 25.3 Å². The molecule has 0 aliphatic carbocycles. The predicted octanol–water partition coefficient (Wildman–Crippen LogP) is 2.46. The minimum atomic E-state index is -0.238. The summed E-state index contributed by atoms with van der Waals surface area (Å²) in [6.07, 6.45) is 3.47. The van der Waals surface area contributed by atoms with Gasteiger partial charge in [0.1, 0.15) is 5.69 Å². The van der Waals surface area contributed by atoms with Gasteiger partial charge in [0, 0.05) is 11.4 Å². The zero-order valence-corrected chi connectivity index (χ0v) is 11.7. The molecule has 1 amide bonds. The standard InChI is InChI=1S/C13H16N4OS/c1-3-17-12(9(14)8-15-17)13(18)16-10-6-4-5-7-11(10)19-2/h4-8H,3,14H2,1-2H3,(H,16,18). The average molecular weight is 276 g/mol. The number of para-hydroxylation sites is 1. The molecule has 1 aromatic heterocycles. The maximum atomic E-state index is 12.3. The number of hydrogen-bond donors (Lipinski definition) is 2. The van der Waals surface area contributed by atoms with Gasteiger partial charge in [-0.2, -0.15) is 5.10 Å². The van der Waals surface area contributed by atoms with E-state index in [-0.39, 0.29) is 5.91 Å². The predicted molar refractivity (Wildman–Crippen MR) is 78.5 cm³/mol. The molecule has 1 heterocycles. The van der Waals surface area contributed by atoms with Crippen molar-refractivity contribution in [2.45, 2.75) is 18.4 Å². The molecule has 1 aromatic carbocycles. The van der Waals surface area contributed by atoms with E-state index in [9.17, 15) is 4.79 Å². The fraction of sp³-hybridized carbons (Fsp3) is 0.231. The van der Waals surface area contributed by atoms with Gasteiger partial charge >= 0.3 is 0 Å². The lowest BCUT2D eigenvalue weighted by Crippen LogP contribution is -2.19. The highest BCUT2D eigenvalue weighted by molar-refractivity contribution is 7.98. The lowest BCUT2D eigenvalue weighted by Gasteiger charge is -2.10. The van der Waals surface area contributed by atoms with E-state index in [1.807, 2.05) is 37.4 Å². The largest absolute Gasteiger partial charge is 0.396 e. The topological polar surface area (TPSA) is 72.9 Å². The summed E-state index contributed by atoms with van der Waals surface area (Å²) in [4.78, 5) is 13.3. The van der Waals surface area contributed by atoms with Crippen LogP contribution in [-0.2, 0) is 6.54 Å². The quantitative estimate of drug-likeness (QED) is 0.841. The number of carbonyl (C=O) groups excluding carboxylic acids is 1. The van der Waals surface area contributed by atoms with E-state index >= 15 is 0 Å². The SMILES string of the molecule is CCn1ncc(N)c1C(=O)Nc1ccccc1SC. The van der Waals surface area contributed by atoms with Crippen LogP contribution in [0.3, 0.4) is 0 Å². The molecule has 0 fully saturated rings. The molecular weight excluding hydrogens is 260 g/mol. The Kier molecular flexibility index (Phi) is 4.11. The van der Waals surface area contributed by atoms with Gasteiger partial charge in [0.15, 0.2) is 0 Å². The minimum Gasteiger partial charge on any atom is -0.396 e. The Morgan fingerprint density at radius 3 is 2.89 bits per heavy atom. The van der Waals surface area contributed by atoms with Crippen LogP contribution >= 0.6 is 11.8 Å². The van der Waals surface area contributed by atoms with Gasteiger partial charge in [-0.15, -0.1) is 11.8 Å². The summed E-state index contributed by atoms with van der Waals surface area (Å²) < 4.78 is 1.59. The highest BCUT2D eigenvalue weighted by atomic mass is 32.2. The van der Waals surface area contributed by atoms with Crippen LogP contribution in [0.1, 0.15) is 17.4 Å². The number of nitrogens with zero attached hydrogens (tertiary/aromatic N) is 2. The zero-order chi connectivity index (χ0) is 13.8. The number of amides is 1. The van der Waals surface area contributed by atoms with Crippen molar-refractivity contribution in [2.75, 3.05) is 17.3 Å². The van der Waals surface area contributed by atoms with Crippen molar-refractivity contribution >= 4 is 29.0 Å². The van der Waals surface area contributed by atoms with Crippen molar-refractivity contribution in [2.24, 2.45) is 0 Å². The molecule has 0 atom stereocenters. The van der Waals surface area contributed by atoms with E-state index in [2.05, 4.69) is 10.4 Å². The van der Waals surface area contributed by atoms with E-state index in [0.717, 1.165) is 10.6 Å². The summed E-state index contributed by atoms with van der Waals surface area (Å²) in [6, 6.07) is 7.65. The summed E-state index contributed by atoms with van der Waals surface area (Å²) in [7, 11) is 0. The number of hydrogen-bond acceptors (Lipinski definition) is 4. The Bertz CT molecular complexity index is 594. The number of nitrogen functional groups attached to an aromatic ring is 1. The molecule has 19 heavy (non-hydrogen) atoms. The molecule has 0 aliphatic rings. The highest BCUT2D eigenvalue weighted by Gasteiger charge is 2.17. The second-order valence-electron chi connectivity index (χ2n) is 3.92. The van der Waals surface area contributed by atoms with Crippen LogP contribution in [0.2, 0.25) is 0 Å². The van der Waals surface area contributed by atoms with E-state index in [0.29, 0.717) is 17.9 Å². The maximum Gasteiger partial charge on any atom is 0.276 e. The molecule has 2 rings (SSSR count). The zero-order valence-electron chi connectivity index (χ0n) is 10.9. The third-order valence-electron chi connectivity index (χ3n) is 2.74. The normalized spacial score (nSPS) is 10.4. The number of rotatable bonds is 4. The molecule has 0 radical (unpaired) electrons. The lowest BCUT2D eigenvalue weighted by atomic mass is 10.3. The van der Waals surface area contributed by atoms with Crippen LogP contribution in [0, 0.1) is 0 Å². The number of aryl methyl sites for hydroxylation is 1. The molecule has 0 bridgehead atoms. The molecule has 6 heteroatoms. The highest BCUT2D eigenvalue weighted by Crippen LogP contribution is 2.25. The van der Waals surface area contributed by atoms with Gasteiger partial charge in [-0.3, -0.25) is 9.48 Å². The van der Waals surface area contributed by atoms with Crippen LogP contribution in [0.4, 0.5) is 11.4 Å². The Morgan fingerprint density at radius 2 is 2.21 bits per heavy atom. The number of benzene rings is 1. The molecule has 2 aromatic rings. The molecule has 100 valence electrons. The Morgan fingerprint density at radius 1 is 1.47 bits per heavy atom. The van der Waals surface area contributed by atoms with Crippen molar-refractivity contribution in [3.05, 3.63) is 36.2 Å². The molecule has 0 unspecified atom stereocenters. The fourth-order valence-electron chi connectivity index (χ4n) is 1.82. The molecule has 5 nitrogen and oxygen atoms in total. The van der Waals surface area contributed by atoms with Crippen molar-refractivity contribution < 1.29 is 4.79 Å². The molecule has 0 saturated heterocycles. The van der Waals surface area contributed by atoms with Crippen LogP contribution in [0.15, 0.2) is 35.4 Å². The summed E-state index contributed by atoms with van der Waals surface area (Å²) in [5.41, 5.74) is 7.36. The average Bonchev–Trinajstić information content (AvgIpc) is 2.80. The third-order valence-corrected chi connectivity index (χ3v) is 3.53. The van der Waals surface area contributed by atoms with E-state index < -0.39 is 0 Å². The second-order valence-corrected chi connectivity index (χ2v) is 4.77. The van der Waals surface area contributed by atoms with Gasteiger partial charge < -0.3 is 11.1 Å². The number of aromatic nitrogens is 2. The summed E-state index contributed by atoms with van der Waals surface area (Å²) in [5, 5.41) is 6.94. The van der Waals surface area contributed by atoms with Crippen molar-refractivity contribution in [3.63, 3.8) is 0 Å². The summed E-state index contributed by atoms with van der Waals surface area (Å²) in [5.74, 6) is -0.238. The number of anilines is 2. The molecule has 3 N–H and O–H groups in total. The van der Waals surface area contributed by atoms with Gasteiger partial charge in [0.05, 0.1) is 17.6 Å². The number of nitrogens with one attached hydrogen (secondary N) is 1. The molecule has 0 saturated carbocycles. The summed E-state index contributed by atoms with van der Waals surface area (Å²) in [6.45, 7) is 2.52. The van der Waals surface area contributed by atoms with Gasteiger partial charge in [-0.1, -0.05) is 12.1 Å². The summed E-state index contributed by atoms with van der Waals surface area (Å²) >= 11 is 1.58. The molecular formula is C13H16N4OS. The smallest absolute Gasteiger partial charge is 0.276 e. The van der Waals surface area contributed by atoms with Crippen molar-refractivity contribution in [3.8, 4) is 0 Å². The fourth-order valence-corrected chi connectivity index (χ4v) is 2.37. The van der Waals surface area contributed by atoms with Crippen molar-refractivity contribution in [1.29, 1.82) is 0 Å². The third kappa shape index (κ3) is 2.73. The molecule has 0 spiro atoms. The van der Waals surface area contributed by atoms with E-state index in [4.69, 9.17) is 5.73 Å². The van der Waals surface area contributed by atoms with E-state index in [1.165, 1.54) is 6.20 Å². The minimum absolute atomic E-state index is 0.238. The van der Waals surface area contributed by atoms with Crippen LogP contribution in [0.5, 0.6) is 0 Å². The second kappa shape index (κ2) is 5.79. The van der Waals surface area contributed by atoms with Crippen LogP contribution in [0.25, 0.3) is 0 Å². The first-order chi connectivity index (χ1) is 9.17. The van der Waals surface area contributed by atoms with Gasteiger partial charge in [-0.25, -0.2) is 0 Å². The first-order valence-corrected chi connectivity index (χ1v) is 7.15. The van der Waals surface area contributed by atoms with Crippen LogP contribution < -0.4 is 11.1 Å². The monoisotopic (exact) mass is 276 g/mol. The lowest BCUT2D eigenvalue weighted by molar-refractivity contribution is 0.101. The molecule has 0 aliphatic heterocycles. The maximum absolute atomic E-state index is 12.3.